The molecule has 0 unspecified atom stereocenters. The fraction of sp³-hybridized carbons (Fsp3) is 0.409. The van der Waals surface area contributed by atoms with Gasteiger partial charge in [0.25, 0.3) is 0 Å². The number of ether oxygens (including phenoxy) is 1. The molecule has 0 spiro atoms. The Labute approximate surface area is 369 Å². The lowest BCUT2D eigenvalue weighted by atomic mass is 9.86. The third-order valence-electron chi connectivity index (χ3n) is 11.0. The first kappa shape index (κ1) is 44.1. The van der Waals surface area contributed by atoms with Crippen molar-refractivity contribution >= 4 is 80.5 Å². The number of aromatic nitrogens is 8. The monoisotopic (exact) mass is 880 g/mol. The Balaban J connectivity index is 0.000000187. The van der Waals surface area contributed by atoms with Crippen LogP contribution in [-0.4, -0.2) is 88.7 Å². The maximum absolute atomic E-state index is 11.5. The van der Waals surface area contributed by atoms with Crippen LogP contribution in [0.2, 0.25) is 10.3 Å². The number of aliphatic carboxylic acids is 1. The first-order valence-electron chi connectivity index (χ1n) is 21.0. The maximum Gasteiger partial charge on any atom is 0.310 e. The molecule has 8 rings (SSSR count). The molecule has 0 radical (unpaired) electrons. The van der Waals surface area contributed by atoms with Gasteiger partial charge in [0, 0.05) is 84.3 Å². The standard InChI is InChI=1S/C23H27ClN6O2.C21H23ClN6O2/c1-2-32-20(31)11-16-13-27-23(28-14-16)26-12-15-3-6-18(7-4-15)29-19-8-5-17-9-10-25-22(24)21(17)30-19;22-20-19-15(7-8-23-20)3-6-17(28-19)27-16-4-1-13(2-5-16)10-24-21-25-11-14(12-26-21)9-18(29)30/h5,8-10,13-15,18H,2-4,6-7,11-12H2,1H3,(H,29,30)(H,26,27,28);3,6-8,11-13,16H,1-2,4-5,9-10H2,(H,27,28)(H,29,30)(H,24,25,26). The van der Waals surface area contributed by atoms with Crippen LogP contribution >= 0.6 is 23.2 Å². The molecule has 6 aromatic rings. The van der Waals surface area contributed by atoms with Gasteiger partial charge in [-0.2, -0.15) is 0 Å². The molecule has 62 heavy (non-hydrogen) atoms. The van der Waals surface area contributed by atoms with Gasteiger partial charge in [-0.3, -0.25) is 9.59 Å². The number of carboxylic acid groups (broad SMARTS) is 1. The van der Waals surface area contributed by atoms with Crippen molar-refractivity contribution in [3.05, 3.63) is 95.0 Å². The molecule has 0 atom stereocenters. The number of anilines is 4. The average Bonchev–Trinajstić information content (AvgIpc) is 3.28. The maximum atomic E-state index is 11.5. The van der Waals surface area contributed by atoms with Gasteiger partial charge in [-0.1, -0.05) is 23.2 Å². The summed E-state index contributed by atoms with van der Waals surface area (Å²) in [5, 5.41) is 25.3. The number of fused-ring (bicyclic) bond motifs is 2. The number of carbonyl (C=O) groups excluding carboxylic acids is 1. The SMILES string of the molecule is CCOC(=O)Cc1cnc(NCC2CCC(Nc3ccc4ccnc(Cl)c4n3)CC2)nc1.O=C(O)Cc1cnc(NCC2CCC(Nc3ccc4ccnc(Cl)c4n3)CC2)nc1. The van der Waals surface area contributed by atoms with Crippen LogP contribution in [0.3, 0.4) is 0 Å². The topological polar surface area (TPSA) is 215 Å². The number of carboxylic acids is 1. The number of rotatable bonds is 15. The minimum Gasteiger partial charge on any atom is -0.481 e. The molecule has 2 aliphatic rings. The van der Waals surface area contributed by atoms with Crippen LogP contribution in [0.5, 0.6) is 0 Å². The normalized spacial score (nSPS) is 18.6. The van der Waals surface area contributed by atoms with Crippen LogP contribution in [0.25, 0.3) is 21.8 Å². The van der Waals surface area contributed by atoms with Gasteiger partial charge in [0.05, 0.1) is 19.4 Å². The second kappa shape index (κ2) is 21.7. The molecule has 2 saturated carbocycles. The summed E-state index contributed by atoms with van der Waals surface area (Å²) in [6.07, 6.45) is 18.7. The Morgan fingerprint density at radius 2 is 1.06 bits per heavy atom. The Morgan fingerprint density at radius 1 is 0.629 bits per heavy atom. The molecule has 5 N–H and O–H groups in total. The number of nitrogens with zero attached hydrogens (tertiary/aromatic N) is 8. The van der Waals surface area contributed by atoms with Gasteiger partial charge in [0.15, 0.2) is 10.3 Å². The molecule has 0 saturated heterocycles. The van der Waals surface area contributed by atoms with E-state index in [1.165, 1.54) is 0 Å². The summed E-state index contributed by atoms with van der Waals surface area (Å²) in [6, 6.07) is 12.6. The lowest BCUT2D eigenvalue weighted by Crippen LogP contribution is -2.29. The van der Waals surface area contributed by atoms with Crippen LogP contribution in [0.15, 0.2) is 73.6 Å². The summed E-state index contributed by atoms with van der Waals surface area (Å²) in [7, 11) is 0. The van der Waals surface area contributed by atoms with E-state index in [4.69, 9.17) is 33.0 Å². The lowest BCUT2D eigenvalue weighted by molar-refractivity contribution is -0.142. The molecule has 0 bridgehead atoms. The number of hydrogen-bond donors (Lipinski definition) is 5. The van der Waals surface area contributed by atoms with Crippen molar-refractivity contribution < 1.29 is 19.4 Å². The Bertz CT molecular complexity index is 2410. The molecule has 16 nitrogen and oxygen atoms in total. The summed E-state index contributed by atoms with van der Waals surface area (Å²) in [4.78, 5) is 56.7. The molecule has 2 aliphatic carbocycles. The first-order valence-corrected chi connectivity index (χ1v) is 21.8. The Kier molecular flexibility index (Phi) is 15.4. The highest BCUT2D eigenvalue weighted by molar-refractivity contribution is 6.34. The van der Waals surface area contributed by atoms with Gasteiger partial charge in [0.2, 0.25) is 11.9 Å². The lowest BCUT2D eigenvalue weighted by Gasteiger charge is -2.29. The molecule has 6 heterocycles. The summed E-state index contributed by atoms with van der Waals surface area (Å²) < 4.78 is 4.95. The van der Waals surface area contributed by atoms with Crippen LogP contribution < -0.4 is 21.3 Å². The van der Waals surface area contributed by atoms with E-state index in [2.05, 4.69) is 61.1 Å². The van der Waals surface area contributed by atoms with Crippen molar-refractivity contribution in [2.45, 2.75) is 83.2 Å². The number of carbonyl (C=O) groups is 2. The van der Waals surface area contributed by atoms with Crippen molar-refractivity contribution in [2.75, 3.05) is 41.0 Å². The van der Waals surface area contributed by atoms with Crippen LogP contribution in [-0.2, 0) is 27.2 Å². The van der Waals surface area contributed by atoms with E-state index in [9.17, 15) is 9.59 Å². The van der Waals surface area contributed by atoms with Gasteiger partial charge in [0.1, 0.15) is 22.7 Å². The van der Waals surface area contributed by atoms with Crippen molar-refractivity contribution in [1.82, 2.24) is 39.9 Å². The zero-order chi connectivity index (χ0) is 43.3. The van der Waals surface area contributed by atoms with Crippen molar-refractivity contribution in [3.63, 3.8) is 0 Å². The van der Waals surface area contributed by atoms with Gasteiger partial charge in [-0.15, -0.1) is 0 Å². The minimum atomic E-state index is -0.886. The number of esters is 1. The van der Waals surface area contributed by atoms with E-state index < -0.39 is 5.97 Å². The Morgan fingerprint density at radius 3 is 1.48 bits per heavy atom. The van der Waals surface area contributed by atoms with E-state index in [1.54, 1.807) is 44.1 Å². The molecule has 2 fully saturated rings. The number of nitrogens with one attached hydrogen (secondary N) is 4. The van der Waals surface area contributed by atoms with Gasteiger partial charge in [-0.05, 0) is 107 Å². The van der Waals surface area contributed by atoms with Gasteiger partial charge >= 0.3 is 11.9 Å². The molecular weight excluding hydrogens is 831 g/mol. The summed E-state index contributed by atoms with van der Waals surface area (Å²) in [5.41, 5.74) is 2.79. The third kappa shape index (κ3) is 12.8. The fourth-order valence-electron chi connectivity index (χ4n) is 7.73. The van der Waals surface area contributed by atoms with Gasteiger partial charge < -0.3 is 31.1 Å². The van der Waals surface area contributed by atoms with E-state index in [0.717, 1.165) is 103 Å². The van der Waals surface area contributed by atoms with E-state index >= 15 is 0 Å². The second-order valence-electron chi connectivity index (χ2n) is 15.6. The number of hydrogen-bond acceptors (Lipinski definition) is 15. The molecule has 18 heteroatoms. The third-order valence-corrected chi connectivity index (χ3v) is 11.6. The minimum absolute atomic E-state index is 0.0634. The second-order valence-corrected chi connectivity index (χ2v) is 16.3. The highest BCUT2D eigenvalue weighted by Gasteiger charge is 2.23. The summed E-state index contributed by atoms with van der Waals surface area (Å²) in [5.74, 6) is 2.76. The average molecular weight is 882 g/mol. The molecule has 0 amide bonds. The highest BCUT2D eigenvalue weighted by Crippen LogP contribution is 2.29. The van der Waals surface area contributed by atoms with Crippen LogP contribution in [0, 0.1) is 11.8 Å². The number of pyridine rings is 4. The quantitative estimate of drug-likeness (QED) is 0.0487. The van der Waals surface area contributed by atoms with E-state index in [-0.39, 0.29) is 18.8 Å². The van der Waals surface area contributed by atoms with Crippen LogP contribution in [0.4, 0.5) is 23.5 Å². The molecule has 0 aliphatic heterocycles. The summed E-state index contributed by atoms with van der Waals surface area (Å²) in [6.45, 7) is 3.81. The fourth-order valence-corrected chi connectivity index (χ4v) is 8.14. The van der Waals surface area contributed by atoms with Crippen LogP contribution in [0.1, 0.15) is 69.4 Å². The highest BCUT2D eigenvalue weighted by atomic mass is 35.5. The predicted octanol–water partition coefficient (Wildman–Crippen LogP) is 8.04. The van der Waals surface area contributed by atoms with E-state index in [0.29, 0.717) is 58.3 Å². The van der Waals surface area contributed by atoms with Gasteiger partial charge in [-0.25, -0.2) is 39.9 Å². The summed E-state index contributed by atoms with van der Waals surface area (Å²) >= 11 is 12.3. The largest absolute Gasteiger partial charge is 0.481 e. The predicted molar refractivity (Wildman–Crippen MR) is 241 cm³/mol. The first-order chi connectivity index (χ1) is 30.2. The van der Waals surface area contributed by atoms with Crippen molar-refractivity contribution in [3.8, 4) is 0 Å². The smallest absolute Gasteiger partial charge is 0.310 e. The van der Waals surface area contributed by atoms with Crippen molar-refractivity contribution in [1.29, 1.82) is 0 Å². The van der Waals surface area contributed by atoms with Crippen molar-refractivity contribution in [2.24, 2.45) is 11.8 Å². The number of halogens is 2. The van der Waals surface area contributed by atoms with E-state index in [1.807, 2.05) is 36.4 Å². The Hall–Kier alpha value is -6.00. The molecule has 6 aromatic heterocycles. The molecule has 324 valence electrons. The zero-order valence-corrected chi connectivity index (χ0v) is 35.9. The molecule has 0 aromatic carbocycles. The molecular formula is C44H50Cl2N12O4. The zero-order valence-electron chi connectivity index (χ0n) is 34.4.